The van der Waals surface area contributed by atoms with Gasteiger partial charge < -0.3 is 5.73 Å². The molecular weight excluding hydrogens is 299 g/mol. The van der Waals surface area contributed by atoms with E-state index in [0.717, 1.165) is 24.6 Å². The smallest absolute Gasteiger partial charge is 0.320 e. The van der Waals surface area contributed by atoms with Gasteiger partial charge in [-0.15, -0.1) is 0 Å². The number of rotatable bonds is 2. The normalized spacial score (nSPS) is 13.6. The predicted molar refractivity (Wildman–Crippen MR) is 82.7 cm³/mol. The SMILES string of the molecule is CC(=O)c1c(F)cncc1-c1cnc2c(c1)CCCN2C(N)=O. The summed E-state index contributed by atoms with van der Waals surface area (Å²) >= 11 is 0. The highest BCUT2D eigenvalue weighted by Gasteiger charge is 2.23. The summed E-state index contributed by atoms with van der Waals surface area (Å²) in [5.41, 5.74) is 7.17. The second-order valence-electron chi connectivity index (χ2n) is 5.40. The van der Waals surface area contributed by atoms with Crippen molar-refractivity contribution in [3.63, 3.8) is 0 Å². The Balaban J connectivity index is 2.12. The van der Waals surface area contributed by atoms with Crippen molar-refractivity contribution in [3.05, 3.63) is 41.6 Å². The van der Waals surface area contributed by atoms with Crippen molar-refractivity contribution in [2.24, 2.45) is 5.73 Å². The lowest BCUT2D eigenvalue weighted by Crippen LogP contribution is -2.40. The summed E-state index contributed by atoms with van der Waals surface area (Å²) in [4.78, 5) is 32.7. The van der Waals surface area contributed by atoms with Gasteiger partial charge in [-0.3, -0.25) is 14.7 Å². The highest BCUT2D eigenvalue weighted by molar-refractivity contribution is 6.01. The zero-order valence-corrected chi connectivity index (χ0v) is 12.5. The third-order valence-corrected chi connectivity index (χ3v) is 3.86. The van der Waals surface area contributed by atoms with E-state index in [1.54, 1.807) is 6.07 Å². The van der Waals surface area contributed by atoms with E-state index >= 15 is 0 Å². The monoisotopic (exact) mass is 314 g/mol. The Bertz CT molecular complexity index is 807. The van der Waals surface area contributed by atoms with E-state index in [0.29, 0.717) is 23.5 Å². The molecule has 3 rings (SSSR count). The standard InChI is InChI=1S/C16H15FN4O2/c1-9(22)14-12(7-19-8-13(14)17)11-5-10-3-2-4-21(16(18)23)15(10)20-6-11/h5-8H,2-4H2,1H3,(H2,18,23). The molecule has 0 fully saturated rings. The highest BCUT2D eigenvalue weighted by atomic mass is 19.1. The van der Waals surface area contributed by atoms with E-state index in [1.165, 1.54) is 24.2 Å². The molecule has 6 nitrogen and oxygen atoms in total. The van der Waals surface area contributed by atoms with Crippen LogP contribution in [0.2, 0.25) is 0 Å². The molecule has 118 valence electrons. The maximum atomic E-state index is 13.9. The molecule has 0 saturated heterocycles. The summed E-state index contributed by atoms with van der Waals surface area (Å²) in [6, 6.07) is 1.25. The number of carbonyl (C=O) groups is 2. The van der Waals surface area contributed by atoms with Crippen LogP contribution in [0.25, 0.3) is 11.1 Å². The van der Waals surface area contributed by atoms with Crippen LogP contribution in [-0.4, -0.2) is 28.3 Å². The van der Waals surface area contributed by atoms with Crippen LogP contribution in [0.5, 0.6) is 0 Å². The van der Waals surface area contributed by atoms with Crippen LogP contribution >= 0.6 is 0 Å². The molecule has 7 heteroatoms. The molecule has 1 aliphatic rings. The van der Waals surface area contributed by atoms with E-state index in [-0.39, 0.29) is 11.3 Å². The third-order valence-electron chi connectivity index (χ3n) is 3.86. The van der Waals surface area contributed by atoms with Gasteiger partial charge in [-0.2, -0.15) is 0 Å². The van der Waals surface area contributed by atoms with Gasteiger partial charge in [-0.1, -0.05) is 0 Å². The minimum Gasteiger partial charge on any atom is -0.351 e. The number of pyridine rings is 2. The molecule has 0 saturated carbocycles. The van der Waals surface area contributed by atoms with Crippen molar-refractivity contribution in [1.29, 1.82) is 0 Å². The molecule has 0 aliphatic carbocycles. The molecule has 0 radical (unpaired) electrons. The minimum absolute atomic E-state index is 0.00989. The lowest BCUT2D eigenvalue weighted by atomic mass is 9.97. The molecule has 1 aliphatic heterocycles. The lowest BCUT2D eigenvalue weighted by Gasteiger charge is -2.27. The van der Waals surface area contributed by atoms with Gasteiger partial charge in [-0.25, -0.2) is 14.2 Å². The molecule has 2 amide bonds. The van der Waals surface area contributed by atoms with E-state index in [2.05, 4.69) is 9.97 Å². The Morgan fingerprint density at radius 1 is 1.30 bits per heavy atom. The molecule has 2 N–H and O–H groups in total. The van der Waals surface area contributed by atoms with Gasteiger partial charge in [0, 0.05) is 30.1 Å². The fourth-order valence-corrected chi connectivity index (χ4v) is 2.84. The van der Waals surface area contributed by atoms with Crippen LogP contribution < -0.4 is 10.6 Å². The summed E-state index contributed by atoms with van der Waals surface area (Å²) in [6.45, 7) is 1.83. The van der Waals surface area contributed by atoms with Crippen LogP contribution in [-0.2, 0) is 6.42 Å². The van der Waals surface area contributed by atoms with Gasteiger partial charge in [0.15, 0.2) is 11.6 Å². The number of carbonyl (C=O) groups excluding carboxylic acids is 2. The summed E-state index contributed by atoms with van der Waals surface area (Å²) in [5, 5.41) is 0. The number of urea groups is 1. The number of fused-ring (bicyclic) bond motifs is 1. The average molecular weight is 314 g/mol. The summed E-state index contributed by atoms with van der Waals surface area (Å²) in [5.74, 6) is -0.524. The maximum Gasteiger partial charge on any atom is 0.320 e. The van der Waals surface area contributed by atoms with Gasteiger partial charge in [0.1, 0.15) is 5.82 Å². The van der Waals surface area contributed by atoms with E-state index < -0.39 is 11.8 Å². The number of halogens is 1. The third kappa shape index (κ3) is 2.65. The molecule has 0 aromatic carbocycles. The van der Waals surface area contributed by atoms with Crippen LogP contribution in [0.4, 0.5) is 15.0 Å². The van der Waals surface area contributed by atoms with Crippen molar-refractivity contribution in [1.82, 2.24) is 9.97 Å². The van der Waals surface area contributed by atoms with Crippen LogP contribution in [0, 0.1) is 5.82 Å². The number of nitrogens with zero attached hydrogens (tertiary/aromatic N) is 3. The van der Waals surface area contributed by atoms with Gasteiger partial charge in [0.2, 0.25) is 0 Å². The predicted octanol–water partition coefficient (Wildman–Crippen LogP) is 2.32. The first-order valence-electron chi connectivity index (χ1n) is 7.19. The molecule has 0 bridgehead atoms. The Morgan fingerprint density at radius 2 is 2.09 bits per heavy atom. The van der Waals surface area contributed by atoms with Crippen molar-refractivity contribution in [2.75, 3.05) is 11.4 Å². The Kier molecular flexibility index (Phi) is 3.77. The topological polar surface area (TPSA) is 89.2 Å². The fourth-order valence-electron chi connectivity index (χ4n) is 2.84. The Hall–Kier alpha value is -2.83. The lowest BCUT2D eigenvalue weighted by molar-refractivity contribution is 0.101. The number of primary amides is 1. The number of amides is 2. The molecule has 2 aromatic heterocycles. The second-order valence-corrected chi connectivity index (χ2v) is 5.40. The number of hydrogen-bond acceptors (Lipinski definition) is 4. The Labute approximate surface area is 132 Å². The number of ketones is 1. The van der Waals surface area contributed by atoms with Crippen molar-refractivity contribution in [2.45, 2.75) is 19.8 Å². The van der Waals surface area contributed by atoms with Crippen molar-refractivity contribution >= 4 is 17.6 Å². The maximum absolute atomic E-state index is 13.9. The Morgan fingerprint density at radius 3 is 2.78 bits per heavy atom. The number of aryl methyl sites for hydroxylation is 1. The van der Waals surface area contributed by atoms with Crippen LogP contribution in [0.3, 0.4) is 0 Å². The molecule has 0 unspecified atom stereocenters. The number of hydrogen-bond donors (Lipinski definition) is 1. The van der Waals surface area contributed by atoms with Crippen molar-refractivity contribution in [3.8, 4) is 11.1 Å². The van der Waals surface area contributed by atoms with Crippen molar-refractivity contribution < 1.29 is 14.0 Å². The minimum atomic E-state index is -0.661. The molecule has 23 heavy (non-hydrogen) atoms. The van der Waals surface area contributed by atoms with Gasteiger partial charge in [-0.05, 0) is 31.4 Å². The summed E-state index contributed by atoms with van der Waals surface area (Å²) in [7, 11) is 0. The van der Waals surface area contributed by atoms with E-state index in [9.17, 15) is 14.0 Å². The number of aromatic nitrogens is 2. The average Bonchev–Trinajstić information content (AvgIpc) is 2.53. The summed E-state index contributed by atoms with van der Waals surface area (Å²) < 4.78 is 13.9. The van der Waals surface area contributed by atoms with Gasteiger partial charge >= 0.3 is 6.03 Å². The molecule has 2 aromatic rings. The van der Waals surface area contributed by atoms with E-state index in [4.69, 9.17) is 5.73 Å². The quantitative estimate of drug-likeness (QED) is 0.861. The number of Topliss-reactive ketones (excluding diaryl/α,β-unsaturated/α-hetero) is 1. The molecular formula is C16H15FN4O2. The van der Waals surface area contributed by atoms with Crippen LogP contribution in [0.1, 0.15) is 29.3 Å². The first-order chi connectivity index (χ1) is 11.0. The zero-order valence-electron chi connectivity index (χ0n) is 12.5. The first-order valence-corrected chi connectivity index (χ1v) is 7.19. The molecule has 0 spiro atoms. The fraction of sp³-hybridized carbons (Fsp3) is 0.250. The van der Waals surface area contributed by atoms with Gasteiger partial charge in [0.25, 0.3) is 0 Å². The molecule has 3 heterocycles. The molecule has 0 atom stereocenters. The zero-order chi connectivity index (χ0) is 16.6. The van der Waals surface area contributed by atoms with Crippen LogP contribution in [0.15, 0.2) is 24.7 Å². The summed E-state index contributed by atoms with van der Waals surface area (Å²) in [6.07, 6.45) is 5.46. The largest absolute Gasteiger partial charge is 0.351 e. The number of nitrogens with two attached hydrogens (primary N) is 1. The van der Waals surface area contributed by atoms with E-state index in [1.807, 2.05) is 0 Å². The second kappa shape index (κ2) is 5.75. The number of anilines is 1. The highest BCUT2D eigenvalue weighted by Crippen LogP contribution is 2.31. The van der Waals surface area contributed by atoms with Gasteiger partial charge in [0.05, 0.1) is 11.8 Å². The first kappa shape index (κ1) is 15.1.